The van der Waals surface area contributed by atoms with Crippen LogP contribution in [-0.4, -0.2) is 46.7 Å². The number of halogens is 2. The van der Waals surface area contributed by atoms with E-state index in [1.807, 2.05) is 18.2 Å². The van der Waals surface area contributed by atoms with Crippen molar-refractivity contribution in [2.24, 2.45) is 0 Å². The van der Waals surface area contributed by atoms with Crippen LogP contribution in [0.1, 0.15) is 47.8 Å². The van der Waals surface area contributed by atoms with Gasteiger partial charge >= 0.3 is 11.8 Å². The Morgan fingerprint density at radius 3 is 2.43 bits per heavy atom. The van der Waals surface area contributed by atoms with Crippen molar-refractivity contribution in [2.45, 2.75) is 44.3 Å². The number of aromatic nitrogens is 5. The fourth-order valence-corrected chi connectivity index (χ4v) is 6.41. The van der Waals surface area contributed by atoms with Crippen molar-refractivity contribution in [1.82, 2.24) is 34.1 Å². The molecule has 2 aromatic carbocycles. The van der Waals surface area contributed by atoms with Crippen LogP contribution in [0.3, 0.4) is 0 Å². The molecule has 12 nitrogen and oxygen atoms in total. The first-order chi connectivity index (χ1) is 23.6. The van der Waals surface area contributed by atoms with Gasteiger partial charge in [-0.25, -0.2) is 32.9 Å². The molecule has 0 atom stereocenters. The van der Waals surface area contributed by atoms with Crippen molar-refractivity contribution >= 4 is 28.7 Å². The normalized spacial score (nSPS) is 16.1. The molecule has 1 saturated carbocycles. The molecule has 0 bridgehead atoms. The van der Waals surface area contributed by atoms with E-state index in [2.05, 4.69) is 20.6 Å². The van der Waals surface area contributed by atoms with Crippen LogP contribution in [0.2, 0.25) is 0 Å². The molecule has 4 aromatic heterocycles. The van der Waals surface area contributed by atoms with E-state index in [1.165, 1.54) is 33.5 Å². The first-order valence-electron chi connectivity index (χ1n) is 15.6. The molecule has 2 amide bonds. The highest BCUT2D eigenvalue weighted by molar-refractivity contribution is 5.93. The van der Waals surface area contributed by atoms with Gasteiger partial charge in [-0.2, -0.15) is 0 Å². The number of pyridine rings is 2. The number of nitrogens with one attached hydrogen (secondary N) is 2. The lowest BCUT2D eigenvalue weighted by molar-refractivity contribution is 0.0917. The standard InChI is InChI=1S/C35H29F2N7O5/c36-23-7-12-30-41-29(19-42(30)18-23)32(45)40-25-8-10-26(11-9-25)44-33(46)28-15-24(37)17-38-31(28)43(35(44)49)27-6-2-5-22(14-27)21-4-1-3-20(13-21)16-39-34(47)48/h1-7,12-15,17-19,25-26,39H,8-11,16H2,(H,40,45)(H,47,48)/t25-,26+. The zero-order valence-corrected chi connectivity index (χ0v) is 25.8. The smallest absolute Gasteiger partial charge is 0.404 e. The fourth-order valence-electron chi connectivity index (χ4n) is 6.41. The van der Waals surface area contributed by atoms with Gasteiger partial charge < -0.3 is 20.1 Å². The molecule has 4 heterocycles. The van der Waals surface area contributed by atoms with Gasteiger partial charge in [0.15, 0.2) is 5.65 Å². The number of hydrogen-bond donors (Lipinski definition) is 3. The molecular weight excluding hydrogens is 636 g/mol. The van der Waals surface area contributed by atoms with E-state index in [1.54, 1.807) is 30.3 Å². The lowest BCUT2D eigenvalue weighted by Gasteiger charge is -2.30. The second-order valence-corrected chi connectivity index (χ2v) is 11.9. The molecule has 1 fully saturated rings. The van der Waals surface area contributed by atoms with Gasteiger partial charge in [-0.05, 0) is 78.8 Å². The summed E-state index contributed by atoms with van der Waals surface area (Å²) in [6, 6.07) is 17.3. The zero-order valence-electron chi connectivity index (χ0n) is 25.8. The lowest BCUT2D eigenvalue weighted by Crippen LogP contribution is -2.45. The molecule has 1 aliphatic carbocycles. The zero-order chi connectivity index (χ0) is 34.2. The van der Waals surface area contributed by atoms with Crippen LogP contribution >= 0.6 is 0 Å². The van der Waals surface area contributed by atoms with Crippen molar-refractivity contribution in [3.8, 4) is 16.8 Å². The van der Waals surface area contributed by atoms with Gasteiger partial charge in [-0.1, -0.05) is 30.3 Å². The number of hydrogen-bond acceptors (Lipinski definition) is 6. The molecule has 6 aromatic rings. The maximum absolute atomic E-state index is 14.5. The van der Waals surface area contributed by atoms with E-state index >= 15 is 0 Å². The predicted octanol–water partition coefficient (Wildman–Crippen LogP) is 4.82. The summed E-state index contributed by atoms with van der Waals surface area (Å²) in [5, 5.41) is 14.2. The molecule has 0 radical (unpaired) electrons. The summed E-state index contributed by atoms with van der Waals surface area (Å²) in [6.07, 6.45) is 4.21. The van der Waals surface area contributed by atoms with Crippen LogP contribution in [0.4, 0.5) is 13.6 Å². The van der Waals surface area contributed by atoms with E-state index in [0.717, 1.165) is 33.5 Å². The van der Waals surface area contributed by atoms with Gasteiger partial charge in [0, 0.05) is 31.0 Å². The summed E-state index contributed by atoms with van der Waals surface area (Å²) in [5.74, 6) is -1.59. The van der Waals surface area contributed by atoms with Crippen molar-refractivity contribution in [3.63, 3.8) is 0 Å². The second kappa shape index (κ2) is 12.8. The first-order valence-corrected chi connectivity index (χ1v) is 15.6. The largest absolute Gasteiger partial charge is 0.465 e. The summed E-state index contributed by atoms with van der Waals surface area (Å²) >= 11 is 0. The maximum atomic E-state index is 14.5. The van der Waals surface area contributed by atoms with Crippen LogP contribution in [0, 0.1) is 11.6 Å². The van der Waals surface area contributed by atoms with Crippen LogP contribution < -0.4 is 21.9 Å². The van der Waals surface area contributed by atoms with Crippen molar-refractivity contribution in [2.75, 3.05) is 0 Å². The molecule has 0 saturated heterocycles. The average Bonchev–Trinajstić information content (AvgIpc) is 3.52. The van der Waals surface area contributed by atoms with E-state index in [4.69, 9.17) is 5.11 Å². The number of benzene rings is 2. The Kier molecular flexibility index (Phi) is 8.20. The topological polar surface area (TPSA) is 153 Å². The summed E-state index contributed by atoms with van der Waals surface area (Å²) in [5.41, 5.74) is 1.94. The summed E-state index contributed by atoms with van der Waals surface area (Å²) in [6.45, 7) is 0.112. The Morgan fingerprint density at radius 2 is 1.65 bits per heavy atom. The third-order valence-electron chi connectivity index (χ3n) is 8.74. The van der Waals surface area contributed by atoms with Crippen LogP contribution in [0.25, 0.3) is 33.5 Å². The summed E-state index contributed by atoms with van der Waals surface area (Å²) < 4.78 is 31.9. The number of amides is 2. The molecule has 248 valence electrons. The third-order valence-corrected chi connectivity index (χ3v) is 8.74. The Labute approximate surface area is 276 Å². The minimum absolute atomic E-state index is 0.0116. The van der Waals surface area contributed by atoms with Crippen LogP contribution in [0.15, 0.2) is 94.9 Å². The molecule has 14 heteroatoms. The number of nitrogens with zero attached hydrogens (tertiary/aromatic N) is 5. The molecule has 1 aliphatic rings. The number of carbonyl (C=O) groups is 2. The maximum Gasteiger partial charge on any atom is 0.404 e. The highest BCUT2D eigenvalue weighted by atomic mass is 19.1. The van der Waals surface area contributed by atoms with E-state index in [-0.39, 0.29) is 29.3 Å². The minimum atomic E-state index is -1.14. The Morgan fingerprint density at radius 1 is 0.898 bits per heavy atom. The van der Waals surface area contributed by atoms with Crippen LogP contribution in [-0.2, 0) is 6.54 Å². The number of rotatable bonds is 7. The molecule has 0 aliphatic heterocycles. The number of imidazole rings is 1. The summed E-state index contributed by atoms with van der Waals surface area (Å²) in [7, 11) is 0. The van der Waals surface area contributed by atoms with E-state index in [0.29, 0.717) is 37.0 Å². The number of fused-ring (bicyclic) bond motifs is 2. The second-order valence-electron chi connectivity index (χ2n) is 11.9. The van der Waals surface area contributed by atoms with Gasteiger partial charge in [0.1, 0.15) is 23.0 Å². The number of carbonyl (C=O) groups excluding carboxylic acids is 1. The summed E-state index contributed by atoms with van der Waals surface area (Å²) in [4.78, 5) is 60.3. The monoisotopic (exact) mass is 665 g/mol. The van der Waals surface area contributed by atoms with Gasteiger partial charge in [0.05, 0.1) is 17.3 Å². The van der Waals surface area contributed by atoms with Gasteiger partial charge in [0.25, 0.3) is 11.5 Å². The quantitative estimate of drug-likeness (QED) is 0.221. The minimum Gasteiger partial charge on any atom is -0.465 e. The molecule has 7 rings (SSSR count). The van der Waals surface area contributed by atoms with Gasteiger partial charge in [-0.3, -0.25) is 14.2 Å². The molecule has 3 N–H and O–H groups in total. The fraction of sp³-hybridized carbons (Fsp3) is 0.200. The predicted molar refractivity (Wildman–Crippen MR) is 176 cm³/mol. The first kappa shape index (κ1) is 31.4. The Balaban J connectivity index is 1.18. The van der Waals surface area contributed by atoms with Crippen LogP contribution in [0.5, 0.6) is 0 Å². The molecule has 49 heavy (non-hydrogen) atoms. The van der Waals surface area contributed by atoms with Gasteiger partial charge in [0.2, 0.25) is 0 Å². The van der Waals surface area contributed by atoms with E-state index in [9.17, 15) is 28.0 Å². The lowest BCUT2D eigenvalue weighted by atomic mass is 9.90. The SMILES string of the molecule is O=C(O)NCc1cccc(-c2cccc(-n3c(=O)n([C@H]4CC[C@@H](NC(=O)c5cn6cc(F)ccc6n5)CC4)c(=O)c4cc(F)cnc43)c2)c1. The van der Waals surface area contributed by atoms with Crippen molar-refractivity contribution < 1.29 is 23.5 Å². The number of carboxylic acid groups (broad SMARTS) is 1. The molecule has 0 spiro atoms. The van der Waals surface area contributed by atoms with Crippen molar-refractivity contribution in [3.05, 3.63) is 129 Å². The molecule has 0 unspecified atom stereocenters. The average molecular weight is 666 g/mol. The Hall–Kier alpha value is -6.18. The highest BCUT2D eigenvalue weighted by Gasteiger charge is 2.28. The van der Waals surface area contributed by atoms with Crippen molar-refractivity contribution in [1.29, 1.82) is 0 Å². The van der Waals surface area contributed by atoms with Gasteiger partial charge in [-0.15, -0.1) is 0 Å². The van der Waals surface area contributed by atoms with E-state index < -0.39 is 40.9 Å². The molecular formula is C35H29F2N7O5. The third kappa shape index (κ3) is 6.27. The Bertz CT molecular complexity index is 2380. The highest BCUT2D eigenvalue weighted by Crippen LogP contribution is 2.29.